The van der Waals surface area contributed by atoms with Gasteiger partial charge in [0.15, 0.2) is 0 Å². The Morgan fingerprint density at radius 3 is 2.54 bits per heavy atom. The quantitative estimate of drug-likeness (QED) is 0.802. The first kappa shape index (κ1) is 17.4. The Morgan fingerprint density at radius 1 is 1.08 bits per heavy atom. The van der Waals surface area contributed by atoms with Crippen molar-refractivity contribution in [2.75, 3.05) is 20.1 Å². The van der Waals surface area contributed by atoms with E-state index in [2.05, 4.69) is 15.3 Å². The van der Waals surface area contributed by atoms with Crippen molar-refractivity contribution in [2.24, 2.45) is 5.10 Å². The normalized spacial score (nSPS) is 27.5. The maximum Gasteiger partial charge on any atom is 0.267 e. The lowest BCUT2D eigenvalue weighted by atomic mass is 9.99. The molecule has 0 radical (unpaired) electrons. The molecule has 0 spiro atoms. The summed E-state index contributed by atoms with van der Waals surface area (Å²) in [5.41, 5.74) is 0.490. The summed E-state index contributed by atoms with van der Waals surface area (Å²) < 4.78 is 0. The van der Waals surface area contributed by atoms with Crippen molar-refractivity contribution < 1.29 is 9.59 Å². The minimum absolute atomic E-state index is 0.0243. The second kappa shape index (κ2) is 8.10. The molecule has 3 aliphatic rings. The van der Waals surface area contributed by atoms with Crippen molar-refractivity contribution in [1.29, 1.82) is 0 Å². The molecule has 2 amide bonds. The summed E-state index contributed by atoms with van der Waals surface area (Å²) in [5, 5.41) is 8.57. The van der Waals surface area contributed by atoms with Crippen LogP contribution in [0.2, 0.25) is 0 Å². The van der Waals surface area contributed by atoms with Crippen LogP contribution in [0.15, 0.2) is 5.10 Å². The molecule has 1 aliphatic carbocycles. The van der Waals surface area contributed by atoms with Crippen LogP contribution in [0, 0.1) is 0 Å². The largest absolute Gasteiger partial charge is 0.347 e. The second-order valence-corrected chi connectivity index (χ2v) is 7.42. The second-order valence-electron chi connectivity index (χ2n) is 7.42. The Morgan fingerprint density at radius 2 is 1.83 bits per heavy atom. The Kier molecular flexibility index (Phi) is 5.87. The zero-order chi connectivity index (χ0) is 16.9. The van der Waals surface area contributed by atoms with Crippen LogP contribution in [-0.4, -0.2) is 59.7 Å². The third-order valence-corrected chi connectivity index (χ3v) is 5.60. The smallest absolute Gasteiger partial charge is 0.267 e. The molecule has 1 unspecified atom stereocenters. The molecule has 0 aromatic rings. The number of carbonyl (C=O) groups excluding carboxylic acids is 2. The van der Waals surface area contributed by atoms with E-state index < -0.39 is 0 Å². The van der Waals surface area contributed by atoms with E-state index in [9.17, 15) is 9.59 Å². The average molecular weight is 334 g/mol. The number of hydrogen-bond acceptors (Lipinski definition) is 4. The molecule has 1 saturated carbocycles. The maximum atomic E-state index is 12.5. The molecule has 24 heavy (non-hydrogen) atoms. The Bertz CT molecular complexity index is 497. The molecule has 0 aromatic heterocycles. The number of rotatable bonds is 3. The number of piperidine rings is 1. The molecular formula is C18H30N4O2. The minimum atomic E-state index is -0.0953. The molecule has 6 nitrogen and oxygen atoms in total. The lowest BCUT2D eigenvalue weighted by molar-refractivity contribution is -0.130. The van der Waals surface area contributed by atoms with E-state index in [0.29, 0.717) is 24.6 Å². The van der Waals surface area contributed by atoms with Crippen molar-refractivity contribution in [2.45, 2.75) is 76.3 Å². The van der Waals surface area contributed by atoms with Gasteiger partial charge in [-0.05, 0) is 32.2 Å². The van der Waals surface area contributed by atoms with Crippen molar-refractivity contribution in [3.05, 3.63) is 0 Å². The summed E-state index contributed by atoms with van der Waals surface area (Å²) in [5.74, 6) is -0.120. The number of carbonyl (C=O) groups is 2. The molecule has 0 aromatic carbocycles. The fourth-order valence-electron chi connectivity index (χ4n) is 4.18. The van der Waals surface area contributed by atoms with E-state index in [1.807, 2.05) is 0 Å². The number of hydrazone groups is 1. The first-order valence-electron chi connectivity index (χ1n) is 9.52. The number of nitrogens with one attached hydrogen (secondary N) is 1. The van der Waals surface area contributed by atoms with Gasteiger partial charge in [-0.25, -0.2) is 5.01 Å². The first-order chi connectivity index (χ1) is 11.6. The van der Waals surface area contributed by atoms with E-state index in [1.165, 1.54) is 43.5 Å². The summed E-state index contributed by atoms with van der Waals surface area (Å²) in [7, 11) is 1.61. The molecule has 2 aliphatic heterocycles. The van der Waals surface area contributed by atoms with Crippen LogP contribution in [0.3, 0.4) is 0 Å². The third kappa shape index (κ3) is 4.35. The van der Waals surface area contributed by atoms with Crippen molar-refractivity contribution >= 4 is 17.5 Å². The highest BCUT2D eigenvalue weighted by Crippen LogP contribution is 2.24. The van der Waals surface area contributed by atoms with E-state index in [4.69, 9.17) is 0 Å². The van der Waals surface area contributed by atoms with Gasteiger partial charge in [-0.3, -0.25) is 14.5 Å². The van der Waals surface area contributed by atoms with Crippen molar-refractivity contribution in [1.82, 2.24) is 15.2 Å². The molecule has 2 heterocycles. The van der Waals surface area contributed by atoms with Crippen molar-refractivity contribution in [3.63, 3.8) is 0 Å². The summed E-state index contributed by atoms with van der Waals surface area (Å²) in [6.45, 7) is 2.12. The van der Waals surface area contributed by atoms with E-state index >= 15 is 0 Å². The van der Waals surface area contributed by atoms with Gasteiger partial charge in [-0.1, -0.05) is 25.7 Å². The Labute approximate surface area is 144 Å². The lowest BCUT2D eigenvalue weighted by Gasteiger charge is -2.38. The van der Waals surface area contributed by atoms with Gasteiger partial charge in [-0.15, -0.1) is 0 Å². The van der Waals surface area contributed by atoms with Crippen molar-refractivity contribution in [3.8, 4) is 0 Å². The highest BCUT2D eigenvalue weighted by atomic mass is 16.2. The Balaban J connectivity index is 1.54. The monoisotopic (exact) mass is 334 g/mol. The summed E-state index contributed by atoms with van der Waals surface area (Å²) in [6, 6.07) is 0.906. The van der Waals surface area contributed by atoms with E-state index in [-0.39, 0.29) is 17.9 Å². The fourth-order valence-corrected chi connectivity index (χ4v) is 4.18. The molecule has 2 fully saturated rings. The van der Waals surface area contributed by atoms with Gasteiger partial charge in [0.2, 0.25) is 5.91 Å². The fraction of sp³-hybridized carbons (Fsp3) is 0.833. The summed E-state index contributed by atoms with van der Waals surface area (Å²) in [4.78, 5) is 26.5. The Hall–Kier alpha value is -1.43. The molecule has 1 N–H and O–H groups in total. The predicted octanol–water partition coefficient (Wildman–Crippen LogP) is 1.90. The van der Waals surface area contributed by atoms with Gasteiger partial charge < -0.3 is 5.32 Å². The predicted molar refractivity (Wildman–Crippen MR) is 93.7 cm³/mol. The van der Waals surface area contributed by atoms with Gasteiger partial charge in [0.1, 0.15) is 5.71 Å². The summed E-state index contributed by atoms with van der Waals surface area (Å²) >= 11 is 0. The van der Waals surface area contributed by atoms with Crippen LogP contribution in [0.4, 0.5) is 0 Å². The number of amides is 2. The topological polar surface area (TPSA) is 65.0 Å². The lowest BCUT2D eigenvalue weighted by Crippen LogP contribution is -2.52. The third-order valence-electron chi connectivity index (χ3n) is 5.60. The van der Waals surface area contributed by atoms with Gasteiger partial charge in [-0.2, -0.15) is 5.10 Å². The average Bonchev–Trinajstić information content (AvgIpc) is 2.87. The molecule has 0 bridgehead atoms. The first-order valence-corrected chi connectivity index (χ1v) is 9.52. The highest BCUT2D eigenvalue weighted by molar-refractivity contribution is 6.39. The number of likely N-dealkylation sites (tertiary alicyclic amines) is 1. The molecule has 6 heteroatoms. The van der Waals surface area contributed by atoms with Crippen LogP contribution >= 0.6 is 0 Å². The van der Waals surface area contributed by atoms with Crippen LogP contribution < -0.4 is 5.32 Å². The van der Waals surface area contributed by atoms with E-state index in [0.717, 1.165) is 25.9 Å². The van der Waals surface area contributed by atoms with Gasteiger partial charge >= 0.3 is 0 Å². The molecular weight excluding hydrogens is 304 g/mol. The molecule has 3 rings (SSSR count). The molecule has 1 saturated heterocycles. The molecule has 1 atom stereocenters. The van der Waals surface area contributed by atoms with Gasteiger partial charge in [0, 0.05) is 38.5 Å². The van der Waals surface area contributed by atoms with Crippen LogP contribution in [0.25, 0.3) is 0 Å². The van der Waals surface area contributed by atoms with Crippen LogP contribution in [0.5, 0.6) is 0 Å². The van der Waals surface area contributed by atoms with Crippen LogP contribution in [-0.2, 0) is 9.59 Å². The standard InChI is InChI=1S/C18H30N4O2/c1-21-17(23)11-10-16(20-21)18(24)19-14-7-6-12-22(13-14)15-8-4-2-3-5-9-15/h14-15H,2-13H2,1H3,(H,19,24). The minimum Gasteiger partial charge on any atom is -0.347 e. The zero-order valence-electron chi connectivity index (χ0n) is 14.8. The van der Waals surface area contributed by atoms with Gasteiger partial charge in [0.05, 0.1) is 0 Å². The van der Waals surface area contributed by atoms with Gasteiger partial charge in [0.25, 0.3) is 5.91 Å². The SMILES string of the molecule is CN1N=C(C(=O)NC2CCCN(C3CCCCCC3)C2)CCC1=O. The number of nitrogens with zero attached hydrogens (tertiary/aromatic N) is 3. The number of hydrogen-bond donors (Lipinski definition) is 1. The maximum absolute atomic E-state index is 12.5. The zero-order valence-corrected chi connectivity index (χ0v) is 14.8. The molecule has 134 valence electrons. The van der Waals surface area contributed by atoms with E-state index in [1.54, 1.807) is 7.05 Å². The summed E-state index contributed by atoms with van der Waals surface area (Å²) in [6.07, 6.45) is 11.1. The van der Waals surface area contributed by atoms with Crippen LogP contribution in [0.1, 0.15) is 64.2 Å². The highest BCUT2D eigenvalue weighted by Gasteiger charge is 2.29.